The molecule has 1 aromatic carbocycles. The minimum absolute atomic E-state index is 0.0376. The lowest BCUT2D eigenvalue weighted by molar-refractivity contribution is -0.119. The molecule has 1 fully saturated rings. The van der Waals surface area contributed by atoms with Gasteiger partial charge >= 0.3 is 0 Å². The Morgan fingerprint density at radius 1 is 1.16 bits per heavy atom. The Morgan fingerprint density at radius 2 is 2.00 bits per heavy atom. The van der Waals surface area contributed by atoms with Crippen LogP contribution in [0.3, 0.4) is 0 Å². The Morgan fingerprint density at radius 3 is 2.81 bits per heavy atom. The van der Waals surface area contributed by atoms with Crippen molar-refractivity contribution in [2.75, 3.05) is 24.5 Å². The molecule has 1 saturated heterocycles. The molecule has 0 bridgehead atoms. The lowest BCUT2D eigenvalue weighted by atomic mass is 10.00. The van der Waals surface area contributed by atoms with Gasteiger partial charge in [-0.15, -0.1) is 0 Å². The number of nitrogens with zero attached hydrogens (tertiary/aromatic N) is 4. The number of aryl methyl sites for hydroxylation is 1. The van der Waals surface area contributed by atoms with Crippen molar-refractivity contribution in [1.29, 1.82) is 0 Å². The molecule has 7 heteroatoms. The fourth-order valence-corrected chi connectivity index (χ4v) is 4.71. The third-order valence-corrected chi connectivity index (χ3v) is 6.49. The van der Waals surface area contributed by atoms with Crippen molar-refractivity contribution >= 4 is 17.6 Å². The number of hydrogen-bond donors (Lipinski definition) is 1. The zero-order valence-corrected chi connectivity index (χ0v) is 18.4. The first-order valence-electron chi connectivity index (χ1n) is 11.6. The molecule has 3 heterocycles. The number of carbonyl (C=O) groups is 2. The zero-order valence-electron chi connectivity index (χ0n) is 18.4. The normalized spacial score (nSPS) is 19.3. The van der Waals surface area contributed by atoms with Crippen molar-refractivity contribution in [3.8, 4) is 0 Å². The molecule has 0 spiro atoms. The number of likely N-dealkylation sites (tertiary alicyclic amines) is 1. The molecule has 0 saturated carbocycles. The van der Waals surface area contributed by atoms with Gasteiger partial charge in [0.2, 0.25) is 5.91 Å². The highest BCUT2D eigenvalue weighted by molar-refractivity contribution is 5.95. The molecule has 1 N–H and O–H groups in total. The molecule has 1 aromatic heterocycles. The number of amides is 2. The Balaban J connectivity index is 1.25. The smallest absolute Gasteiger partial charge is 0.251 e. The van der Waals surface area contributed by atoms with Crippen molar-refractivity contribution in [2.24, 2.45) is 0 Å². The van der Waals surface area contributed by atoms with Crippen molar-refractivity contribution in [2.45, 2.75) is 64.6 Å². The third-order valence-electron chi connectivity index (χ3n) is 6.49. The second kappa shape index (κ2) is 10.1. The topological polar surface area (TPSA) is 70.5 Å². The van der Waals surface area contributed by atoms with Gasteiger partial charge in [-0.05, 0) is 49.9 Å². The van der Waals surface area contributed by atoms with E-state index >= 15 is 0 Å². The Hall–Kier alpha value is -2.67. The van der Waals surface area contributed by atoms with Crippen molar-refractivity contribution in [3.63, 3.8) is 0 Å². The van der Waals surface area contributed by atoms with E-state index in [4.69, 9.17) is 0 Å². The van der Waals surface area contributed by atoms with Crippen LogP contribution in [0.5, 0.6) is 0 Å². The Bertz CT molecular complexity index is 892. The molecule has 2 aliphatic heterocycles. The Kier molecular flexibility index (Phi) is 7.02. The number of aromatic nitrogens is 2. The molecule has 0 aliphatic carbocycles. The highest BCUT2D eigenvalue weighted by Crippen LogP contribution is 2.23. The molecule has 0 unspecified atom stereocenters. The summed E-state index contributed by atoms with van der Waals surface area (Å²) in [5, 5.41) is 7.31. The lowest BCUT2D eigenvalue weighted by Crippen LogP contribution is -2.40. The van der Waals surface area contributed by atoms with Crippen LogP contribution in [0.25, 0.3) is 0 Å². The lowest BCUT2D eigenvalue weighted by Gasteiger charge is -2.35. The zero-order chi connectivity index (χ0) is 21.6. The first kappa shape index (κ1) is 21.6. The van der Waals surface area contributed by atoms with E-state index in [0.717, 1.165) is 24.3 Å². The van der Waals surface area contributed by atoms with Gasteiger partial charge in [-0.3, -0.25) is 14.5 Å². The maximum absolute atomic E-state index is 12.5. The van der Waals surface area contributed by atoms with Crippen LogP contribution in [0.2, 0.25) is 0 Å². The first-order valence-corrected chi connectivity index (χ1v) is 11.6. The summed E-state index contributed by atoms with van der Waals surface area (Å²) in [5.41, 5.74) is 1.65. The highest BCUT2D eigenvalue weighted by atomic mass is 16.2. The van der Waals surface area contributed by atoms with Gasteiger partial charge in [-0.2, -0.15) is 5.10 Å². The predicted molar refractivity (Wildman–Crippen MR) is 121 cm³/mol. The van der Waals surface area contributed by atoms with Crippen LogP contribution in [0, 0.1) is 0 Å². The second-order valence-electron chi connectivity index (χ2n) is 8.54. The summed E-state index contributed by atoms with van der Waals surface area (Å²) in [7, 11) is 0. The summed E-state index contributed by atoms with van der Waals surface area (Å²) >= 11 is 0. The molecule has 4 rings (SSSR count). The van der Waals surface area contributed by atoms with Crippen molar-refractivity contribution < 1.29 is 9.59 Å². The minimum Gasteiger partial charge on any atom is -0.352 e. The summed E-state index contributed by atoms with van der Waals surface area (Å²) in [6.07, 6.45) is 8.32. The van der Waals surface area contributed by atoms with E-state index in [9.17, 15) is 9.59 Å². The molecule has 31 heavy (non-hydrogen) atoms. The van der Waals surface area contributed by atoms with Gasteiger partial charge in [0.15, 0.2) is 0 Å². The van der Waals surface area contributed by atoms with Crippen LogP contribution in [-0.2, 0) is 17.9 Å². The fraction of sp³-hybridized carbons (Fsp3) is 0.542. The number of anilines is 1. The molecule has 1 atom stereocenters. The van der Waals surface area contributed by atoms with E-state index in [1.165, 1.54) is 32.2 Å². The maximum atomic E-state index is 12.5. The van der Waals surface area contributed by atoms with Crippen molar-refractivity contribution in [1.82, 2.24) is 20.0 Å². The van der Waals surface area contributed by atoms with E-state index in [1.54, 1.807) is 11.1 Å². The van der Waals surface area contributed by atoms with Gasteiger partial charge in [-0.1, -0.05) is 25.5 Å². The molecule has 166 valence electrons. The SMILES string of the molecule is CC[C@H]1CCCCN1CCCNC(=O)c1ccc(CN2C(=O)CCn3nccc32)cc1. The van der Waals surface area contributed by atoms with E-state index in [2.05, 4.69) is 22.2 Å². The van der Waals surface area contributed by atoms with Crippen LogP contribution in [0.1, 0.15) is 61.4 Å². The summed E-state index contributed by atoms with van der Waals surface area (Å²) < 4.78 is 1.86. The average molecular weight is 424 g/mol. The molecule has 7 nitrogen and oxygen atoms in total. The second-order valence-corrected chi connectivity index (χ2v) is 8.54. The molecule has 2 amide bonds. The van der Waals surface area contributed by atoms with E-state index < -0.39 is 0 Å². The standard InChI is InChI=1S/C24H33N5O2/c1-2-21-6-3-4-15-27(21)16-5-13-25-24(31)20-9-7-19(8-10-20)18-28-22-11-14-26-29(22)17-12-23(28)30/h7-11,14,21H,2-6,12-13,15-18H2,1H3,(H,25,31)/t21-/m0/s1. The van der Waals surface area contributed by atoms with Gasteiger partial charge in [0.25, 0.3) is 5.91 Å². The first-order chi connectivity index (χ1) is 15.2. The molecule has 0 radical (unpaired) electrons. The minimum atomic E-state index is -0.0376. The fourth-order valence-electron chi connectivity index (χ4n) is 4.71. The largest absolute Gasteiger partial charge is 0.352 e. The molecular weight excluding hydrogens is 390 g/mol. The molecular formula is C24H33N5O2. The summed E-state index contributed by atoms with van der Waals surface area (Å²) in [4.78, 5) is 29.2. The monoisotopic (exact) mass is 423 g/mol. The Labute approximate surface area is 184 Å². The van der Waals surface area contributed by atoms with Gasteiger partial charge in [0.1, 0.15) is 5.82 Å². The van der Waals surface area contributed by atoms with Gasteiger partial charge in [0, 0.05) is 37.2 Å². The quantitative estimate of drug-likeness (QED) is 0.662. The summed E-state index contributed by atoms with van der Waals surface area (Å²) in [5.74, 6) is 0.898. The highest BCUT2D eigenvalue weighted by Gasteiger charge is 2.24. The number of rotatable bonds is 8. The number of hydrogen-bond acceptors (Lipinski definition) is 4. The number of carbonyl (C=O) groups excluding carboxylic acids is 2. The average Bonchev–Trinajstić information content (AvgIpc) is 3.28. The van der Waals surface area contributed by atoms with E-state index in [0.29, 0.717) is 37.7 Å². The van der Waals surface area contributed by atoms with Crippen molar-refractivity contribution in [3.05, 3.63) is 47.7 Å². The number of benzene rings is 1. The van der Waals surface area contributed by atoms with E-state index in [-0.39, 0.29) is 11.8 Å². The van der Waals surface area contributed by atoms with Gasteiger partial charge in [-0.25, -0.2) is 4.68 Å². The predicted octanol–water partition coefficient (Wildman–Crippen LogP) is 3.20. The number of piperidine rings is 1. The van der Waals surface area contributed by atoms with Crippen LogP contribution in [-0.4, -0.2) is 52.2 Å². The van der Waals surface area contributed by atoms with Gasteiger partial charge < -0.3 is 10.2 Å². The third kappa shape index (κ3) is 5.15. The van der Waals surface area contributed by atoms with E-state index in [1.807, 2.05) is 35.0 Å². The van der Waals surface area contributed by atoms with Crippen LogP contribution < -0.4 is 10.2 Å². The summed E-state index contributed by atoms with van der Waals surface area (Å²) in [6, 6.07) is 10.1. The number of fused-ring (bicyclic) bond motifs is 1. The molecule has 2 aromatic rings. The maximum Gasteiger partial charge on any atom is 0.251 e. The van der Waals surface area contributed by atoms with Crippen LogP contribution >= 0.6 is 0 Å². The number of nitrogens with one attached hydrogen (secondary N) is 1. The van der Waals surface area contributed by atoms with Crippen LogP contribution in [0.15, 0.2) is 36.5 Å². The summed E-state index contributed by atoms with van der Waals surface area (Å²) in [6.45, 7) is 6.32. The van der Waals surface area contributed by atoms with Crippen LogP contribution in [0.4, 0.5) is 5.82 Å². The van der Waals surface area contributed by atoms with Gasteiger partial charge in [0.05, 0.1) is 19.3 Å². The molecule has 2 aliphatic rings.